The van der Waals surface area contributed by atoms with Gasteiger partial charge in [-0.1, -0.05) is 26.0 Å². The second kappa shape index (κ2) is 7.28. The summed E-state index contributed by atoms with van der Waals surface area (Å²) in [6.45, 7) is 8.26. The average molecular weight is 265 g/mol. The third-order valence-electron chi connectivity index (χ3n) is 2.84. The van der Waals surface area contributed by atoms with Gasteiger partial charge in [-0.2, -0.15) is 5.26 Å². The maximum Gasteiger partial charge on any atom is 0.0640 e. The van der Waals surface area contributed by atoms with Gasteiger partial charge in [-0.25, -0.2) is 0 Å². The quantitative estimate of drug-likeness (QED) is 0.723. The van der Waals surface area contributed by atoms with Crippen molar-refractivity contribution in [3.63, 3.8) is 0 Å². The molecule has 0 bridgehead atoms. The van der Waals surface area contributed by atoms with Crippen LogP contribution >= 0.6 is 11.6 Å². The van der Waals surface area contributed by atoms with Crippen LogP contribution in [-0.4, -0.2) is 13.1 Å². The lowest BCUT2D eigenvalue weighted by Crippen LogP contribution is -2.29. The number of rotatable bonds is 6. The van der Waals surface area contributed by atoms with Crippen LogP contribution in [0.25, 0.3) is 0 Å². The normalized spacial score (nSPS) is 10.4. The Bertz CT molecular complexity index is 421. The van der Waals surface area contributed by atoms with Crippen LogP contribution in [0.1, 0.15) is 31.4 Å². The smallest absolute Gasteiger partial charge is 0.0640 e. The first-order chi connectivity index (χ1) is 8.58. The van der Waals surface area contributed by atoms with Crippen molar-refractivity contribution in [1.29, 1.82) is 5.26 Å². The van der Waals surface area contributed by atoms with Crippen LogP contribution in [0.4, 0.5) is 5.69 Å². The van der Waals surface area contributed by atoms with Crippen LogP contribution in [0.3, 0.4) is 0 Å². The van der Waals surface area contributed by atoms with Crippen molar-refractivity contribution in [2.45, 2.75) is 33.1 Å². The zero-order chi connectivity index (χ0) is 13.5. The van der Waals surface area contributed by atoms with Crippen LogP contribution < -0.4 is 4.90 Å². The van der Waals surface area contributed by atoms with E-state index >= 15 is 0 Å². The molecule has 98 valence electrons. The highest BCUT2D eigenvalue weighted by molar-refractivity contribution is 6.17. The predicted octanol–water partition coefficient (Wildman–Crippen LogP) is 4.11. The van der Waals surface area contributed by atoms with Crippen molar-refractivity contribution in [3.05, 3.63) is 29.3 Å². The molecule has 0 heterocycles. The monoisotopic (exact) mass is 264 g/mol. The topological polar surface area (TPSA) is 27.0 Å². The minimum absolute atomic E-state index is 0.545. The molecule has 0 saturated heterocycles. The van der Waals surface area contributed by atoms with E-state index in [1.54, 1.807) is 0 Å². The molecule has 1 rings (SSSR count). The summed E-state index contributed by atoms with van der Waals surface area (Å²) in [6, 6.07) is 8.53. The van der Waals surface area contributed by atoms with Gasteiger partial charge in [-0.3, -0.25) is 0 Å². The maximum atomic E-state index is 8.75. The third-order valence-corrected chi connectivity index (χ3v) is 3.14. The zero-order valence-corrected chi connectivity index (χ0v) is 12.2. The van der Waals surface area contributed by atoms with Gasteiger partial charge in [0.05, 0.1) is 12.5 Å². The second-order valence-corrected chi connectivity index (χ2v) is 5.27. The minimum Gasteiger partial charge on any atom is -0.370 e. The fraction of sp³-hybridized carbons (Fsp3) is 0.533. The molecular weight excluding hydrogens is 244 g/mol. The number of aryl methyl sites for hydroxylation is 1. The van der Waals surface area contributed by atoms with E-state index in [2.05, 4.69) is 49.9 Å². The third kappa shape index (κ3) is 4.23. The largest absolute Gasteiger partial charge is 0.370 e. The van der Waals surface area contributed by atoms with E-state index in [-0.39, 0.29) is 0 Å². The number of halogens is 1. The van der Waals surface area contributed by atoms with Gasteiger partial charge in [0.15, 0.2) is 0 Å². The summed E-state index contributed by atoms with van der Waals surface area (Å²) < 4.78 is 0. The molecule has 0 aliphatic heterocycles. The number of hydrogen-bond donors (Lipinski definition) is 0. The number of nitrogens with zero attached hydrogens (tertiary/aromatic N) is 2. The van der Waals surface area contributed by atoms with Gasteiger partial charge in [0.1, 0.15) is 0 Å². The number of anilines is 1. The SMILES string of the molecule is Cc1cc(CCl)ccc1N(CCC#N)CC(C)C. The van der Waals surface area contributed by atoms with Gasteiger partial charge in [0.2, 0.25) is 0 Å². The van der Waals surface area contributed by atoms with E-state index < -0.39 is 0 Å². The van der Waals surface area contributed by atoms with E-state index in [1.807, 2.05) is 0 Å². The number of benzene rings is 1. The number of hydrogen-bond acceptors (Lipinski definition) is 2. The second-order valence-electron chi connectivity index (χ2n) is 5.00. The molecule has 0 fully saturated rings. The van der Waals surface area contributed by atoms with Crippen molar-refractivity contribution in [1.82, 2.24) is 0 Å². The van der Waals surface area contributed by atoms with Gasteiger partial charge in [0.25, 0.3) is 0 Å². The Hall–Kier alpha value is -1.20. The highest BCUT2D eigenvalue weighted by Crippen LogP contribution is 2.23. The molecule has 1 aromatic carbocycles. The lowest BCUT2D eigenvalue weighted by Gasteiger charge is -2.27. The van der Waals surface area contributed by atoms with Crippen LogP contribution in [0.15, 0.2) is 18.2 Å². The summed E-state index contributed by atoms with van der Waals surface area (Å²) in [5.74, 6) is 1.12. The molecule has 0 atom stereocenters. The van der Waals surface area contributed by atoms with E-state index in [0.717, 1.165) is 18.7 Å². The number of alkyl halides is 1. The van der Waals surface area contributed by atoms with Crippen molar-refractivity contribution in [2.75, 3.05) is 18.0 Å². The molecule has 2 nitrogen and oxygen atoms in total. The predicted molar refractivity (Wildman–Crippen MR) is 78.0 cm³/mol. The Morgan fingerprint density at radius 2 is 2.11 bits per heavy atom. The van der Waals surface area contributed by atoms with Gasteiger partial charge < -0.3 is 4.90 Å². The van der Waals surface area contributed by atoms with Crippen molar-refractivity contribution < 1.29 is 0 Å². The standard InChI is InChI=1S/C15H21ClN2/c1-12(2)11-18(8-4-7-17)15-6-5-14(10-16)9-13(15)3/h5-6,9,12H,4,8,10-11H2,1-3H3. The molecule has 0 aliphatic carbocycles. The lowest BCUT2D eigenvalue weighted by atomic mass is 10.1. The van der Waals surface area contributed by atoms with Crippen LogP contribution in [-0.2, 0) is 5.88 Å². The van der Waals surface area contributed by atoms with E-state index in [9.17, 15) is 0 Å². The van der Waals surface area contributed by atoms with Crippen molar-refractivity contribution in [2.24, 2.45) is 5.92 Å². The maximum absolute atomic E-state index is 8.75. The van der Waals surface area contributed by atoms with Gasteiger partial charge >= 0.3 is 0 Å². The Kier molecular flexibility index (Phi) is 6.01. The summed E-state index contributed by atoms with van der Waals surface area (Å²) in [6.07, 6.45) is 0.559. The Balaban J connectivity index is 2.93. The molecule has 0 aromatic heterocycles. The van der Waals surface area contributed by atoms with Gasteiger partial charge in [0, 0.05) is 24.7 Å². The van der Waals surface area contributed by atoms with E-state index in [4.69, 9.17) is 16.9 Å². The first-order valence-corrected chi connectivity index (χ1v) is 6.89. The summed E-state index contributed by atoms with van der Waals surface area (Å²) in [7, 11) is 0. The summed E-state index contributed by atoms with van der Waals surface area (Å²) in [5.41, 5.74) is 3.59. The summed E-state index contributed by atoms with van der Waals surface area (Å²) >= 11 is 5.84. The Labute approximate surface area is 115 Å². The molecule has 0 N–H and O–H groups in total. The Morgan fingerprint density at radius 1 is 1.39 bits per heavy atom. The van der Waals surface area contributed by atoms with Crippen LogP contribution in [0, 0.1) is 24.2 Å². The molecule has 18 heavy (non-hydrogen) atoms. The first kappa shape index (κ1) is 14.9. The van der Waals surface area contributed by atoms with E-state index in [1.165, 1.54) is 11.3 Å². The highest BCUT2D eigenvalue weighted by atomic mass is 35.5. The molecular formula is C15H21ClN2. The zero-order valence-electron chi connectivity index (χ0n) is 11.4. The molecule has 1 aromatic rings. The van der Waals surface area contributed by atoms with Crippen molar-refractivity contribution >= 4 is 17.3 Å². The molecule has 3 heteroatoms. The minimum atomic E-state index is 0.545. The molecule has 0 unspecified atom stereocenters. The molecule has 0 radical (unpaired) electrons. The summed E-state index contributed by atoms with van der Waals surface area (Å²) in [4.78, 5) is 2.29. The van der Waals surface area contributed by atoms with Crippen molar-refractivity contribution in [3.8, 4) is 6.07 Å². The van der Waals surface area contributed by atoms with Gasteiger partial charge in [-0.05, 0) is 30.0 Å². The summed E-state index contributed by atoms with van der Waals surface area (Å²) in [5, 5.41) is 8.75. The Morgan fingerprint density at radius 3 is 2.61 bits per heavy atom. The van der Waals surface area contributed by atoms with Crippen LogP contribution in [0.5, 0.6) is 0 Å². The molecule has 0 saturated carbocycles. The first-order valence-electron chi connectivity index (χ1n) is 6.36. The average Bonchev–Trinajstić information content (AvgIpc) is 2.34. The molecule has 0 spiro atoms. The van der Waals surface area contributed by atoms with Crippen LogP contribution in [0.2, 0.25) is 0 Å². The fourth-order valence-corrected chi connectivity index (χ4v) is 2.26. The molecule has 0 amide bonds. The van der Waals surface area contributed by atoms with E-state index in [0.29, 0.717) is 18.2 Å². The fourth-order valence-electron chi connectivity index (χ4n) is 2.09. The lowest BCUT2D eigenvalue weighted by molar-refractivity contribution is 0.611. The highest BCUT2D eigenvalue weighted by Gasteiger charge is 2.11. The van der Waals surface area contributed by atoms with Gasteiger partial charge in [-0.15, -0.1) is 11.6 Å². The number of nitriles is 1. The molecule has 0 aliphatic rings.